The summed E-state index contributed by atoms with van der Waals surface area (Å²) in [7, 11) is 0. The smallest absolute Gasteiger partial charge is 0.326 e. The molecule has 0 spiro atoms. The predicted molar refractivity (Wildman–Crippen MR) is 41.8 cm³/mol. The van der Waals surface area contributed by atoms with E-state index in [1.165, 1.54) is 6.07 Å². The van der Waals surface area contributed by atoms with Crippen LogP contribution in [-0.2, 0) is 12.7 Å². The molecule has 0 fully saturated rings. The maximum absolute atomic E-state index is 12.2. The van der Waals surface area contributed by atoms with Crippen molar-refractivity contribution in [3.05, 3.63) is 29.1 Å². The highest BCUT2D eigenvalue weighted by molar-refractivity contribution is 5.29. The van der Waals surface area contributed by atoms with Gasteiger partial charge in [0, 0.05) is 6.54 Å². The summed E-state index contributed by atoms with van der Waals surface area (Å²) in [4.78, 5) is 3.13. The van der Waals surface area contributed by atoms with E-state index < -0.39 is 11.9 Å². The standard InChI is InChI=1S/C8H6F3N3/c9-8(10,11)7-2-5(3-12)1-6(4-13)14-7/h1-2H,3,12H2. The zero-order chi connectivity index (χ0) is 10.8. The molecule has 1 heterocycles. The number of nitrogens with two attached hydrogens (primary N) is 1. The number of halogens is 3. The van der Waals surface area contributed by atoms with Crippen molar-refractivity contribution >= 4 is 0 Å². The molecule has 0 bridgehead atoms. The Morgan fingerprint density at radius 3 is 2.50 bits per heavy atom. The quantitative estimate of drug-likeness (QED) is 0.747. The van der Waals surface area contributed by atoms with Crippen LogP contribution in [0.5, 0.6) is 0 Å². The van der Waals surface area contributed by atoms with Crippen LogP contribution in [0.3, 0.4) is 0 Å². The van der Waals surface area contributed by atoms with Crippen LogP contribution in [0.1, 0.15) is 17.0 Å². The molecule has 1 aromatic heterocycles. The van der Waals surface area contributed by atoms with Gasteiger partial charge in [0.1, 0.15) is 17.5 Å². The number of hydrogen-bond acceptors (Lipinski definition) is 3. The Morgan fingerprint density at radius 1 is 1.43 bits per heavy atom. The summed E-state index contributed by atoms with van der Waals surface area (Å²) in [6, 6.07) is 3.61. The lowest BCUT2D eigenvalue weighted by atomic mass is 10.2. The van der Waals surface area contributed by atoms with E-state index in [4.69, 9.17) is 11.0 Å². The molecular weight excluding hydrogens is 195 g/mol. The van der Waals surface area contributed by atoms with Gasteiger partial charge in [-0.05, 0) is 17.7 Å². The minimum Gasteiger partial charge on any atom is -0.326 e. The van der Waals surface area contributed by atoms with E-state index in [0.717, 1.165) is 6.07 Å². The maximum atomic E-state index is 12.2. The number of aromatic nitrogens is 1. The van der Waals surface area contributed by atoms with Crippen LogP contribution < -0.4 is 5.73 Å². The van der Waals surface area contributed by atoms with Crippen molar-refractivity contribution in [1.29, 1.82) is 5.26 Å². The van der Waals surface area contributed by atoms with Crippen molar-refractivity contribution in [1.82, 2.24) is 4.98 Å². The molecule has 0 amide bonds. The van der Waals surface area contributed by atoms with E-state index in [2.05, 4.69) is 4.98 Å². The first-order valence-corrected chi connectivity index (χ1v) is 3.65. The second-order valence-electron chi connectivity index (χ2n) is 2.56. The Balaban J connectivity index is 3.26. The largest absolute Gasteiger partial charge is 0.433 e. The van der Waals surface area contributed by atoms with Crippen molar-refractivity contribution in [2.45, 2.75) is 12.7 Å². The lowest BCUT2D eigenvalue weighted by molar-refractivity contribution is -0.141. The van der Waals surface area contributed by atoms with Crippen LogP contribution in [0.25, 0.3) is 0 Å². The molecule has 0 saturated carbocycles. The lowest BCUT2D eigenvalue weighted by Crippen LogP contribution is -2.11. The summed E-state index contributed by atoms with van der Waals surface area (Å²) < 4.78 is 36.6. The first-order valence-electron chi connectivity index (χ1n) is 3.65. The molecular formula is C8H6F3N3. The molecule has 0 radical (unpaired) electrons. The topological polar surface area (TPSA) is 62.7 Å². The highest BCUT2D eigenvalue weighted by Gasteiger charge is 2.33. The van der Waals surface area contributed by atoms with Crippen LogP contribution in [0.15, 0.2) is 12.1 Å². The number of nitriles is 1. The number of nitrogens with zero attached hydrogens (tertiary/aromatic N) is 2. The van der Waals surface area contributed by atoms with E-state index >= 15 is 0 Å². The molecule has 0 atom stereocenters. The van der Waals surface area contributed by atoms with Crippen molar-refractivity contribution in [2.75, 3.05) is 0 Å². The van der Waals surface area contributed by atoms with Gasteiger partial charge in [0.15, 0.2) is 0 Å². The number of hydrogen-bond donors (Lipinski definition) is 1. The highest BCUT2D eigenvalue weighted by Crippen LogP contribution is 2.28. The summed E-state index contributed by atoms with van der Waals surface area (Å²) in [6.07, 6.45) is -4.54. The second-order valence-corrected chi connectivity index (χ2v) is 2.56. The number of rotatable bonds is 1. The van der Waals surface area contributed by atoms with Crippen LogP contribution in [0, 0.1) is 11.3 Å². The fourth-order valence-electron chi connectivity index (χ4n) is 0.908. The van der Waals surface area contributed by atoms with Gasteiger partial charge in [0.05, 0.1) is 0 Å². The molecule has 1 rings (SSSR count). The summed E-state index contributed by atoms with van der Waals surface area (Å²) >= 11 is 0. The van der Waals surface area contributed by atoms with E-state index in [-0.39, 0.29) is 17.8 Å². The number of pyridine rings is 1. The van der Waals surface area contributed by atoms with Gasteiger partial charge in [0.25, 0.3) is 0 Å². The summed E-state index contributed by atoms with van der Waals surface area (Å²) in [5.41, 5.74) is 4.06. The fraction of sp³-hybridized carbons (Fsp3) is 0.250. The van der Waals surface area contributed by atoms with Crippen LogP contribution in [0.4, 0.5) is 13.2 Å². The van der Waals surface area contributed by atoms with Gasteiger partial charge in [-0.3, -0.25) is 0 Å². The van der Waals surface area contributed by atoms with Gasteiger partial charge in [-0.2, -0.15) is 18.4 Å². The molecule has 0 aliphatic rings. The third-order valence-corrected chi connectivity index (χ3v) is 1.53. The first kappa shape index (κ1) is 10.5. The van der Waals surface area contributed by atoms with E-state index in [1.807, 2.05) is 0 Å². The van der Waals surface area contributed by atoms with Crippen molar-refractivity contribution in [3.8, 4) is 6.07 Å². The predicted octanol–water partition coefficient (Wildman–Crippen LogP) is 1.43. The summed E-state index contributed by atoms with van der Waals surface area (Å²) in [5.74, 6) is 0. The Morgan fingerprint density at radius 2 is 2.07 bits per heavy atom. The van der Waals surface area contributed by atoms with E-state index in [9.17, 15) is 13.2 Å². The monoisotopic (exact) mass is 201 g/mol. The van der Waals surface area contributed by atoms with Crippen molar-refractivity contribution < 1.29 is 13.2 Å². The van der Waals surface area contributed by atoms with E-state index in [1.54, 1.807) is 6.07 Å². The van der Waals surface area contributed by atoms with Crippen LogP contribution >= 0.6 is 0 Å². The molecule has 0 unspecified atom stereocenters. The minimum atomic E-state index is -4.54. The minimum absolute atomic E-state index is 0.0553. The molecule has 0 saturated heterocycles. The third-order valence-electron chi connectivity index (χ3n) is 1.53. The molecule has 0 aromatic carbocycles. The molecule has 2 N–H and O–H groups in total. The van der Waals surface area contributed by atoms with Crippen molar-refractivity contribution in [2.24, 2.45) is 5.73 Å². The average molecular weight is 201 g/mol. The van der Waals surface area contributed by atoms with Crippen LogP contribution in [0.2, 0.25) is 0 Å². The zero-order valence-electron chi connectivity index (χ0n) is 6.97. The van der Waals surface area contributed by atoms with Gasteiger partial charge in [-0.15, -0.1) is 0 Å². The Kier molecular flexibility index (Phi) is 2.72. The van der Waals surface area contributed by atoms with Gasteiger partial charge >= 0.3 is 6.18 Å². The van der Waals surface area contributed by atoms with E-state index in [0.29, 0.717) is 0 Å². The zero-order valence-corrected chi connectivity index (χ0v) is 6.97. The molecule has 3 nitrogen and oxygen atoms in total. The third kappa shape index (κ3) is 2.20. The average Bonchev–Trinajstić information content (AvgIpc) is 2.15. The van der Waals surface area contributed by atoms with Gasteiger partial charge in [-0.1, -0.05) is 0 Å². The van der Waals surface area contributed by atoms with Gasteiger partial charge < -0.3 is 5.73 Å². The summed E-state index contributed by atoms with van der Waals surface area (Å²) in [5, 5.41) is 8.43. The maximum Gasteiger partial charge on any atom is 0.433 e. The molecule has 0 aliphatic carbocycles. The first-order chi connectivity index (χ1) is 6.47. The summed E-state index contributed by atoms with van der Waals surface area (Å²) in [6.45, 7) is -0.0553. The SMILES string of the molecule is N#Cc1cc(CN)cc(C(F)(F)F)n1. The molecule has 6 heteroatoms. The lowest BCUT2D eigenvalue weighted by Gasteiger charge is -2.07. The molecule has 14 heavy (non-hydrogen) atoms. The van der Waals surface area contributed by atoms with Crippen molar-refractivity contribution in [3.63, 3.8) is 0 Å². The number of alkyl halides is 3. The second kappa shape index (κ2) is 3.64. The van der Waals surface area contributed by atoms with Gasteiger partial charge in [-0.25, -0.2) is 4.98 Å². The Labute approximate surface area is 78.0 Å². The fourth-order valence-corrected chi connectivity index (χ4v) is 0.908. The van der Waals surface area contributed by atoms with Crippen LogP contribution in [-0.4, -0.2) is 4.98 Å². The normalized spacial score (nSPS) is 11.1. The molecule has 1 aromatic rings. The molecule has 74 valence electrons. The Bertz CT molecular complexity index is 378. The molecule has 0 aliphatic heterocycles. The Hall–Kier alpha value is -1.61. The highest BCUT2D eigenvalue weighted by atomic mass is 19.4. The van der Waals surface area contributed by atoms with Gasteiger partial charge in [0.2, 0.25) is 0 Å².